The highest BCUT2D eigenvalue weighted by Gasteiger charge is 2.13. The second-order valence-corrected chi connectivity index (χ2v) is 5.36. The van der Waals surface area contributed by atoms with Gasteiger partial charge in [0.15, 0.2) is 0 Å². The molecule has 0 aliphatic rings. The Labute approximate surface area is 115 Å². The summed E-state index contributed by atoms with van der Waals surface area (Å²) in [6.45, 7) is 6.04. The van der Waals surface area contributed by atoms with Crippen molar-refractivity contribution in [3.8, 4) is 0 Å². The van der Waals surface area contributed by atoms with Crippen LogP contribution in [-0.4, -0.2) is 18.0 Å². The van der Waals surface area contributed by atoms with Crippen LogP contribution in [0.15, 0.2) is 22.7 Å². The minimum atomic E-state index is -0.317. The Balaban J connectivity index is 2.54. The molecule has 0 saturated carbocycles. The van der Waals surface area contributed by atoms with E-state index in [2.05, 4.69) is 26.6 Å². The van der Waals surface area contributed by atoms with Crippen molar-refractivity contribution in [2.45, 2.75) is 39.4 Å². The van der Waals surface area contributed by atoms with Gasteiger partial charge in [0.05, 0.1) is 6.04 Å². The van der Waals surface area contributed by atoms with Crippen LogP contribution in [0.5, 0.6) is 0 Å². The lowest BCUT2D eigenvalue weighted by Gasteiger charge is -2.16. The van der Waals surface area contributed by atoms with Crippen LogP contribution in [0, 0.1) is 5.82 Å². The molecule has 5 heteroatoms. The van der Waals surface area contributed by atoms with Crippen LogP contribution >= 0.6 is 15.9 Å². The molecule has 0 radical (unpaired) electrons. The van der Waals surface area contributed by atoms with Gasteiger partial charge in [0.2, 0.25) is 5.91 Å². The third kappa shape index (κ3) is 4.74. The van der Waals surface area contributed by atoms with Gasteiger partial charge in [-0.05, 0) is 44.5 Å². The molecular weight excluding hydrogens is 299 g/mol. The average Bonchev–Trinajstić information content (AvgIpc) is 2.29. The average molecular weight is 317 g/mol. The standard InChI is InChI=1S/C13H18BrFN2O/c1-8(2)17-13(18)9(3)16-7-10-6-11(15)4-5-12(10)14/h4-6,8-9,16H,7H2,1-3H3,(H,17,18). The molecule has 1 atom stereocenters. The number of carbonyl (C=O) groups excluding carboxylic acids is 1. The number of rotatable bonds is 5. The molecule has 18 heavy (non-hydrogen) atoms. The molecule has 0 aliphatic heterocycles. The Hall–Kier alpha value is -0.940. The predicted molar refractivity (Wildman–Crippen MR) is 73.7 cm³/mol. The first-order chi connectivity index (χ1) is 8.40. The quantitative estimate of drug-likeness (QED) is 0.876. The molecule has 1 amide bonds. The molecule has 0 saturated heterocycles. The predicted octanol–water partition coefficient (Wildman–Crippen LogP) is 2.59. The monoisotopic (exact) mass is 316 g/mol. The van der Waals surface area contributed by atoms with Crippen molar-refractivity contribution < 1.29 is 9.18 Å². The fourth-order valence-electron chi connectivity index (χ4n) is 1.44. The normalized spacial score (nSPS) is 12.6. The van der Waals surface area contributed by atoms with Gasteiger partial charge in [-0.3, -0.25) is 4.79 Å². The highest BCUT2D eigenvalue weighted by molar-refractivity contribution is 9.10. The zero-order valence-electron chi connectivity index (χ0n) is 10.8. The molecule has 2 N–H and O–H groups in total. The SMILES string of the molecule is CC(C)NC(=O)C(C)NCc1cc(F)ccc1Br. The minimum Gasteiger partial charge on any atom is -0.353 e. The largest absolute Gasteiger partial charge is 0.353 e. The van der Waals surface area contributed by atoms with Crippen molar-refractivity contribution in [2.24, 2.45) is 0 Å². The number of halogens is 2. The zero-order chi connectivity index (χ0) is 13.7. The summed E-state index contributed by atoms with van der Waals surface area (Å²) >= 11 is 3.35. The topological polar surface area (TPSA) is 41.1 Å². The van der Waals surface area contributed by atoms with Crippen LogP contribution in [0.1, 0.15) is 26.3 Å². The highest BCUT2D eigenvalue weighted by Crippen LogP contribution is 2.17. The molecule has 1 aromatic rings. The van der Waals surface area contributed by atoms with Gasteiger partial charge in [0, 0.05) is 17.1 Å². The van der Waals surface area contributed by atoms with Gasteiger partial charge in [-0.1, -0.05) is 15.9 Å². The van der Waals surface area contributed by atoms with Crippen molar-refractivity contribution >= 4 is 21.8 Å². The lowest BCUT2D eigenvalue weighted by Crippen LogP contribution is -2.44. The van der Waals surface area contributed by atoms with Gasteiger partial charge >= 0.3 is 0 Å². The summed E-state index contributed by atoms with van der Waals surface area (Å²) in [7, 11) is 0. The Morgan fingerprint density at radius 3 is 2.67 bits per heavy atom. The first-order valence-corrected chi connectivity index (χ1v) is 6.67. The van der Waals surface area contributed by atoms with Gasteiger partial charge in [-0.2, -0.15) is 0 Å². The fourth-order valence-corrected chi connectivity index (χ4v) is 1.83. The molecule has 0 aromatic heterocycles. The Morgan fingerprint density at radius 2 is 2.06 bits per heavy atom. The first-order valence-electron chi connectivity index (χ1n) is 5.88. The summed E-state index contributed by atoms with van der Waals surface area (Å²) in [4.78, 5) is 11.7. The van der Waals surface area contributed by atoms with Crippen LogP contribution in [0.25, 0.3) is 0 Å². The minimum absolute atomic E-state index is 0.0578. The third-order valence-electron chi connectivity index (χ3n) is 2.43. The first kappa shape index (κ1) is 15.1. The van der Waals surface area contributed by atoms with E-state index in [0.29, 0.717) is 6.54 Å². The fraction of sp³-hybridized carbons (Fsp3) is 0.462. The van der Waals surface area contributed by atoms with E-state index in [1.54, 1.807) is 13.0 Å². The number of hydrogen-bond donors (Lipinski definition) is 2. The van der Waals surface area contributed by atoms with Gasteiger partial charge in [-0.15, -0.1) is 0 Å². The third-order valence-corrected chi connectivity index (χ3v) is 3.20. The van der Waals surface area contributed by atoms with Crippen molar-refractivity contribution in [1.82, 2.24) is 10.6 Å². The maximum Gasteiger partial charge on any atom is 0.237 e. The van der Waals surface area contributed by atoms with Gasteiger partial charge in [0.25, 0.3) is 0 Å². The van der Waals surface area contributed by atoms with Crippen LogP contribution < -0.4 is 10.6 Å². The van der Waals surface area contributed by atoms with Crippen LogP contribution in [0.3, 0.4) is 0 Å². The molecule has 0 aliphatic carbocycles. The molecule has 1 unspecified atom stereocenters. The van der Waals surface area contributed by atoms with E-state index < -0.39 is 0 Å². The smallest absolute Gasteiger partial charge is 0.237 e. The van der Waals surface area contributed by atoms with E-state index in [9.17, 15) is 9.18 Å². The van der Waals surface area contributed by atoms with Crippen LogP contribution in [-0.2, 0) is 11.3 Å². The second kappa shape index (κ2) is 6.85. The van der Waals surface area contributed by atoms with E-state index in [4.69, 9.17) is 0 Å². The number of benzene rings is 1. The second-order valence-electron chi connectivity index (χ2n) is 4.50. The summed E-state index contributed by atoms with van der Waals surface area (Å²) in [5, 5.41) is 5.88. The van der Waals surface area contributed by atoms with Gasteiger partial charge in [0.1, 0.15) is 5.82 Å². The molecular formula is C13H18BrFN2O. The maximum absolute atomic E-state index is 13.1. The van der Waals surface area contributed by atoms with E-state index in [1.165, 1.54) is 12.1 Å². The number of nitrogens with one attached hydrogen (secondary N) is 2. The number of hydrogen-bond acceptors (Lipinski definition) is 2. The zero-order valence-corrected chi connectivity index (χ0v) is 12.3. The van der Waals surface area contributed by atoms with E-state index in [1.807, 2.05) is 13.8 Å². The van der Waals surface area contributed by atoms with Crippen molar-refractivity contribution in [3.05, 3.63) is 34.1 Å². The molecule has 100 valence electrons. The van der Waals surface area contributed by atoms with Crippen LogP contribution in [0.4, 0.5) is 4.39 Å². The number of amides is 1. The Bertz CT molecular complexity index is 423. The molecule has 1 rings (SSSR count). The maximum atomic E-state index is 13.1. The van der Waals surface area contributed by atoms with E-state index >= 15 is 0 Å². The summed E-state index contributed by atoms with van der Waals surface area (Å²) in [5.41, 5.74) is 0.791. The summed E-state index contributed by atoms with van der Waals surface area (Å²) in [6, 6.07) is 4.29. The van der Waals surface area contributed by atoms with Crippen molar-refractivity contribution in [2.75, 3.05) is 0 Å². The van der Waals surface area contributed by atoms with Gasteiger partial charge in [-0.25, -0.2) is 4.39 Å². The van der Waals surface area contributed by atoms with E-state index in [-0.39, 0.29) is 23.8 Å². The van der Waals surface area contributed by atoms with Crippen LogP contribution in [0.2, 0.25) is 0 Å². The lowest BCUT2D eigenvalue weighted by molar-refractivity contribution is -0.123. The Morgan fingerprint density at radius 1 is 1.39 bits per heavy atom. The summed E-state index contributed by atoms with van der Waals surface area (Å²) < 4.78 is 13.9. The molecule has 0 bridgehead atoms. The summed E-state index contributed by atoms with van der Waals surface area (Å²) in [6.07, 6.45) is 0. The molecule has 0 fully saturated rings. The van der Waals surface area contributed by atoms with Crippen molar-refractivity contribution in [1.29, 1.82) is 0 Å². The molecule has 0 heterocycles. The Kier molecular flexibility index (Phi) is 5.75. The molecule has 0 spiro atoms. The van der Waals surface area contributed by atoms with E-state index in [0.717, 1.165) is 10.0 Å². The summed E-state index contributed by atoms with van der Waals surface area (Å²) in [5.74, 6) is -0.341. The highest BCUT2D eigenvalue weighted by atomic mass is 79.9. The molecule has 1 aromatic carbocycles. The van der Waals surface area contributed by atoms with Crippen molar-refractivity contribution in [3.63, 3.8) is 0 Å². The van der Waals surface area contributed by atoms with Gasteiger partial charge < -0.3 is 10.6 Å². The number of carbonyl (C=O) groups is 1. The molecule has 3 nitrogen and oxygen atoms in total. The lowest BCUT2D eigenvalue weighted by atomic mass is 10.2.